The summed E-state index contributed by atoms with van der Waals surface area (Å²) in [5, 5.41) is 4.80. The number of furan rings is 1. The summed E-state index contributed by atoms with van der Waals surface area (Å²) in [5.41, 5.74) is 4.04. The van der Waals surface area contributed by atoms with Gasteiger partial charge in [0.15, 0.2) is 5.76 Å². The van der Waals surface area contributed by atoms with Gasteiger partial charge in [-0.1, -0.05) is 18.2 Å². The highest BCUT2D eigenvalue weighted by molar-refractivity contribution is 5.96. The minimum absolute atomic E-state index is 0.247. The Balaban J connectivity index is 1.71. The molecule has 0 atom stereocenters. The molecule has 20 heavy (non-hydrogen) atoms. The summed E-state index contributed by atoms with van der Waals surface area (Å²) in [6.45, 7) is 0. The van der Waals surface area contributed by atoms with Crippen LogP contribution in [0.15, 0.2) is 58.3 Å². The second-order valence-electron chi connectivity index (χ2n) is 4.46. The van der Waals surface area contributed by atoms with Gasteiger partial charge >= 0.3 is 5.91 Å². The van der Waals surface area contributed by atoms with Crippen molar-refractivity contribution in [2.75, 3.05) is 0 Å². The van der Waals surface area contributed by atoms with Crippen LogP contribution in [0.1, 0.15) is 16.1 Å². The molecule has 0 radical (unpaired) electrons. The number of nitrogens with one attached hydrogen (secondary N) is 1. The lowest BCUT2D eigenvalue weighted by molar-refractivity contribution is 0.0929. The smallest absolute Gasteiger partial charge is 0.307 e. The number of carbonyl (C=O) groups is 1. The summed E-state index contributed by atoms with van der Waals surface area (Å²) in [4.78, 5) is 11.9. The van der Waals surface area contributed by atoms with Crippen LogP contribution in [0.2, 0.25) is 0 Å². The summed E-state index contributed by atoms with van der Waals surface area (Å²) in [6, 6.07) is 11.1. The molecule has 0 fully saturated rings. The minimum atomic E-state index is -0.367. The van der Waals surface area contributed by atoms with Gasteiger partial charge in [0.05, 0.1) is 6.21 Å². The molecule has 3 rings (SSSR count). The van der Waals surface area contributed by atoms with Crippen LogP contribution in [-0.4, -0.2) is 16.7 Å². The molecule has 0 bridgehead atoms. The summed E-state index contributed by atoms with van der Waals surface area (Å²) in [7, 11) is 1.92. The molecule has 0 spiro atoms. The van der Waals surface area contributed by atoms with E-state index < -0.39 is 0 Å². The third kappa shape index (κ3) is 2.47. The summed E-state index contributed by atoms with van der Waals surface area (Å²) < 4.78 is 7.35. The van der Waals surface area contributed by atoms with Gasteiger partial charge < -0.3 is 8.98 Å². The van der Waals surface area contributed by atoms with Crippen LogP contribution in [0.3, 0.4) is 0 Å². The first-order valence-corrected chi connectivity index (χ1v) is 6.16. The number of rotatable bonds is 3. The molecule has 5 heteroatoms. The number of hydrogen-bond donors (Lipinski definition) is 1. The lowest BCUT2D eigenvalue weighted by Gasteiger charge is -1.94. The first-order valence-electron chi connectivity index (χ1n) is 6.16. The van der Waals surface area contributed by atoms with Gasteiger partial charge in [0.1, 0.15) is 5.58 Å². The predicted octanol–water partition coefficient (Wildman–Crippen LogP) is 2.54. The Kier molecular flexibility index (Phi) is 3.09. The van der Waals surface area contributed by atoms with E-state index in [0.717, 1.165) is 10.9 Å². The van der Waals surface area contributed by atoms with E-state index in [1.54, 1.807) is 12.3 Å². The van der Waals surface area contributed by atoms with Crippen molar-refractivity contribution in [2.24, 2.45) is 12.1 Å². The average Bonchev–Trinajstić information content (AvgIpc) is 3.04. The van der Waals surface area contributed by atoms with E-state index in [-0.39, 0.29) is 11.7 Å². The number of nitrogens with zero attached hydrogens (tertiary/aromatic N) is 2. The molecule has 0 aliphatic carbocycles. The van der Waals surface area contributed by atoms with Crippen molar-refractivity contribution in [1.29, 1.82) is 0 Å². The first kappa shape index (κ1) is 12.2. The highest BCUT2D eigenvalue weighted by Crippen LogP contribution is 2.18. The molecule has 1 amide bonds. The molecule has 2 heterocycles. The standard InChI is InChI=1S/C15H13N3O2/c1-18-7-6-11(10-18)9-16-17-15(19)14-8-12-4-2-3-5-13(12)20-14/h2-10H,1H3,(H,17,19)/b16-9+. The zero-order chi connectivity index (χ0) is 13.9. The number of hydrazone groups is 1. The molecule has 0 saturated carbocycles. The first-order chi connectivity index (χ1) is 9.72. The predicted molar refractivity (Wildman–Crippen MR) is 76.7 cm³/mol. The van der Waals surface area contributed by atoms with Crippen LogP contribution in [0, 0.1) is 0 Å². The molecule has 0 saturated heterocycles. The van der Waals surface area contributed by atoms with Crippen LogP contribution in [0.4, 0.5) is 0 Å². The Bertz CT molecular complexity index is 750. The van der Waals surface area contributed by atoms with Gasteiger partial charge in [-0.2, -0.15) is 5.10 Å². The quantitative estimate of drug-likeness (QED) is 0.585. The van der Waals surface area contributed by atoms with E-state index in [2.05, 4.69) is 10.5 Å². The number of amides is 1. The summed E-state index contributed by atoms with van der Waals surface area (Å²) >= 11 is 0. The van der Waals surface area contributed by atoms with E-state index in [4.69, 9.17) is 4.42 Å². The summed E-state index contributed by atoms with van der Waals surface area (Å²) in [5.74, 6) is -0.121. The highest BCUT2D eigenvalue weighted by atomic mass is 16.3. The molecule has 100 valence electrons. The second-order valence-corrected chi connectivity index (χ2v) is 4.46. The normalized spacial score (nSPS) is 11.2. The van der Waals surface area contributed by atoms with Gasteiger partial charge in [-0.05, 0) is 18.2 Å². The van der Waals surface area contributed by atoms with Gasteiger partial charge in [0.25, 0.3) is 0 Å². The molecular weight excluding hydrogens is 254 g/mol. The largest absolute Gasteiger partial charge is 0.451 e. The third-order valence-electron chi connectivity index (χ3n) is 2.88. The fraction of sp³-hybridized carbons (Fsp3) is 0.0667. The molecule has 3 aromatic rings. The van der Waals surface area contributed by atoms with Crippen molar-refractivity contribution in [3.8, 4) is 0 Å². The fourth-order valence-corrected chi connectivity index (χ4v) is 1.92. The number of aromatic nitrogens is 1. The molecule has 0 aliphatic heterocycles. The summed E-state index contributed by atoms with van der Waals surface area (Å²) in [6.07, 6.45) is 5.39. The molecule has 0 unspecified atom stereocenters. The monoisotopic (exact) mass is 267 g/mol. The zero-order valence-corrected chi connectivity index (χ0v) is 10.9. The number of hydrogen-bond acceptors (Lipinski definition) is 3. The SMILES string of the molecule is Cn1ccc(/C=N/NC(=O)c2cc3ccccc3o2)c1. The van der Waals surface area contributed by atoms with Crippen LogP contribution in [0.25, 0.3) is 11.0 Å². The van der Waals surface area contributed by atoms with Crippen LogP contribution in [-0.2, 0) is 7.05 Å². The Labute approximate surface area is 115 Å². The number of fused-ring (bicyclic) bond motifs is 1. The number of aryl methyl sites for hydroxylation is 1. The Morgan fingerprint density at radius 1 is 1.35 bits per heavy atom. The topological polar surface area (TPSA) is 59.5 Å². The van der Waals surface area contributed by atoms with Gasteiger partial charge in [-0.15, -0.1) is 0 Å². The molecular formula is C15H13N3O2. The van der Waals surface area contributed by atoms with Gasteiger partial charge in [-0.25, -0.2) is 5.43 Å². The lowest BCUT2D eigenvalue weighted by atomic mass is 10.2. The van der Waals surface area contributed by atoms with E-state index in [0.29, 0.717) is 5.58 Å². The Hall–Kier alpha value is -2.82. The fourth-order valence-electron chi connectivity index (χ4n) is 1.92. The number of carbonyl (C=O) groups excluding carboxylic acids is 1. The van der Waals surface area contributed by atoms with Crippen molar-refractivity contribution in [1.82, 2.24) is 9.99 Å². The highest BCUT2D eigenvalue weighted by Gasteiger charge is 2.10. The van der Waals surface area contributed by atoms with Crippen molar-refractivity contribution >= 4 is 23.1 Å². The van der Waals surface area contributed by atoms with Crippen LogP contribution >= 0.6 is 0 Å². The molecule has 1 aromatic carbocycles. The lowest BCUT2D eigenvalue weighted by Crippen LogP contribution is -2.16. The van der Waals surface area contributed by atoms with Crippen molar-refractivity contribution in [2.45, 2.75) is 0 Å². The van der Waals surface area contributed by atoms with Crippen LogP contribution < -0.4 is 5.43 Å². The van der Waals surface area contributed by atoms with Gasteiger partial charge in [-0.3, -0.25) is 4.79 Å². The Morgan fingerprint density at radius 2 is 2.20 bits per heavy atom. The minimum Gasteiger partial charge on any atom is -0.451 e. The molecule has 1 N–H and O–H groups in total. The maximum absolute atomic E-state index is 11.9. The third-order valence-corrected chi connectivity index (χ3v) is 2.88. The molecule has 2 aromatic heterocycles. The maximum atomic E-state index is 11.9. The van der Waals surface area contributed by atoms with Crippen molar-refractivity contribution < 1.29 is 9.21 Å². The zero-order valence-electron chi connectivity index (χ0n) is 10.9. The van der Waals surface area contributed by atoms with E-state index >= 15 is 0 Å². The van der Waals surface area contributed by atoms with E-state index in [1.807, 2.05) is 54.3 Å². The van der Waals surface area contributed by atoms with Gasteiger partial charge in [0, 0.05) is 30.4 Å². The average molecular weight is 267 g/mol. The van der Waals surface area contributed by atoms with Crippen LogP contribution in [0.5, 0.6) is 0 Å². The molecule has 5 nitrogen and oxygen atoms in total. The number of para-hydroxylation sites is 1. The maximum Gasteiger partial charge on any atom is 0.307 e. The number of benzene rings is 1. The molecule has 0 aliphatic rings. The van der Waals surface area contributed by atoms with E-state index in [9.17, 15) is 4.79 Å². The Morgan fingerprint density at radius 3 is 2.95 bits per heavy atom. The second kappa shape index (κ2) is 5.05. The van der Waals surface area contributed by atoms with Crippen molar-refractivity contribution in [3.05, 3.63) is 60.1 Å². The van der Waals surface area contributed by atoms with Crippen molar-refractivity contribution in [3.63, 3.8) is 0 Å². The van der Waals surface area contributed by atoms with E-state index in [1.165, 1.54) is 0 Å². The van der Waals surface area contributed by atoms with Gasteiger partial charge in [0.2, 0.25) is 0 Å².